The van der Waals surface area contributed by atoms with E-state index in [0.29, 0.717) is 12.0 Å². The molecule has 3 nitrogen and oxygen atoms in total. The van der Waals surface area contributed by atoms with E-state index >= 15 is 0 Å². The number of aryl methyl sites for hydroxylation is 1. The summed E-state index contributed by atoms with van der Waals surface area (Å²) in [5.74, 6) is 2.78. The highest BCUT2D eigenvalue weighted by Gasteiger charge is 2.28. The Hall–Kier alpha value is -0.830. The first-order chi connectivity index (χ1) is 8.24. The Bertz CT molecular complexity index is 345. The first kappa shape index (κ1) is 12.6. The minimum absolute atomic E-state index is 0.291. The molecule has 0 radical (unpaired) electrons. The van der Waals surface area contributed by atoms with Crippen molar-refractivity contribution in [3.05, 3.63) is 18.2 Å². The zero-order valence-corrected chi connectivity index (χ0v) is 11.1. The number of hydrogen-bond acceptors (Lipinski definition) is 2. The lowest BCUT2D eigenvalue weighted by Crippen LogP contribution is -2.32. The molecule has 2 N–H and O–H groups in total. The molecule has 3 heteroatoms. The van der Waals surface area contributed by atoms with E-state index in [-0.39, 0.29) is 0 Å². The molecule has 1 aliphatic carbocycles. The number of imidazole rings is 1. The van der Waals surface area contributed by atoms with Gasteiger partial charge < -0.3 is 10.3 Å². The zero-order chi connectivity index (χ0) is 12.3. The van der Waals surface area contributed by atoms with Crippen LogP contribution in [-0.4, -0.2) is 15.6 Å². The first-order valence-electron chi connectivity index (χ1n) is 7.00. The fourth-order valence-electron chi connectivity index (χ4n) is 3.07. The number of nitrogens with two attached hydrogens (primary N) is 1. The highest BCUT2D eigenvalue weighted by Crippen LogP contribution is 2.34. The number of rotatable bonds is 5. The summed E-state index contributed by atoms with van der Waals surface area (Å²) in [6, 6.07) is 0.291. The van der Waals surface area contributed by atoms with Gasteiger partial charge in [0, 0.05) is 31.4 Å². The topological polar surface area (TPSA) is 43.8 Å². The number of aromatic nitrogens is 2. The molecule has 0 saturated heterocycles. The van der Waals surface area contributed by atoms with Crippen molar-refractivity contribution < 1.29 is 0 Å². The average molecular weight is 235 g/mol. The van der Waals surface area contributed by atoms with Crippen molar-refractivity contribution in [1.29, 1.82) is 0 Å². The Labute approximate surface area is 104 Å². The Kier molecular flexibility index (Phi) is 4.21. The molecule has 1 aromatic rings. The van der Waals surface area contributed by atoms with Crippen LogP contribution in [0.1, 0.15) is 45.4 Å². The highest BCUT2D eigenvalue weighted by atomic mass is 15.1. The number of nitrogens with zero attached hydrogens (tertiary/aromatic N) is 2. The quantitative estimate of drug-likeness (QED) is 0.852. The fraction of sp³-hybridized carbons (Fsp3) is 0.786. The second-order valence-corrected chi connectivity index (χ2v) is 5.34. The summed E-state index contributed by atoms with van der Waals surface area (Å²) >= 11 is 0. The van der Waals surface area contributed by atoms with Crippen LogP contribution in [0.4, 0.5) is 0 Å². The summed E-state index contributed by atoms with van der Waals surface area (Å²) in [6.45, 7) is 5.44. The molecule has 1 aromatic heterocycles. The normalized spacial score (nSPS) is 26.3. The Morgan fingerprint density at radius 3 is 2.94 bits per heavy atom. The summed E-state index contributed by atoms with van der Waals surface area (Å²) in [5, 5.41) is 0. The van der Waals surface area contributed by atoms with Crippen molar-refractivity contribution in [3.8, 4) is 0 Å². The van der Waals surface area contributed by atoms with Gasteiger partial charge in [-0.15, -0.1) is 0 Å². The van der Waals surface area contributed by atoms with Gasteiger partial charge in [-0.3, -0.25) is 0 Å². The third-order valence-corrected chi connectivity index (χ3v) is 4.33. The molecular formula is C14H25N3. The largest absolute Gasteiger partial charge is 0.335 e. The van der Waals surface area contributed by atoms with E-state index in [1.807, 2.05) is 12.4 Å². The lowest BCUT2D eigenvalue weighted by molar-refractivity contribution is 0.397. The van der Waals surface area contributed by atoms with Crippen molar-refractivity contribution in [2.45, 2.75) is 58.5 Å². The third-order valence-electron chi connectivity index (χ3n) is 4.33. The fourth-order valence-corrected chi connectivity index (χ4v) is 3.07. The maximum absolute atomic E-state index is 6.36. The Balaban J connectivity index is 1.91. The number of hydrogen-bond donors (Lipinski definition) is 1. The van der Waals surface area contributed by atoms with Gasteiger partial charge in [0.25, 0.3) is 0 Å². The van der Waals surface area contributed by atoms with E-state index < -0.39 is 0 Å². The molecule has 3 atom stereocenters. The van der Waals surface area contributed by atoms with Crippen LogP contribution < -0.4 is 5.73 Å². The molecule has 17 heavy (non-hydrogen) atoms. The summed E-state index contributed by atoms with van der Waals surface area (Å²) in [6.07, 6.45) is 10.2. The molecule has 96 valence electrons. The smallest absolute Gasteiger partial charge is 0.110 e. The van der Waals surface area contributed by atoms with E-state index in [4.69, 9.17) is 5.73 Å². The van der Waals surface area contributed by atoms with E-state index in [0.717, 1.165) is 24.7 Å². The minimum atomic E-state index is 0.291. The van der Waals surface area contributed by atoms with Crippen molar-refractivity contribution in [2.24, 2.45) is 17.6 Å². The van der Waals surface area contributed by atoms with Crippen LogP contribution in [0.15, 0.2) is 12.4 Å². The summed E-state index contributed by atoms with van der Waals surface area (Å²) < 4.78 is 2.20. The van der Waals surface area contributed by atoms with Gasteiger partial charge in [-0.25, -0.2) is 4.98 Å². The van der Waals surface area contributed by atoms with Gasteiger partial charge in [-0.1, -0.05) is 19.8 Å². The van der Waals surface area contributed by atoms with Gasteiger partial charge in [-0.05, 0) is 31.6 Å². The van der Waals surface area contributed by atoms with Crippen molar-refractivity contribution >= 4 is 0 Å². The average Bonchev–Trinajstić information content (AvgIpc) is 2.96. The standard InChI is InChI=1S/C14H25N3/c1-3-11-5-6-12(9-11)13(15)10-14-16-7-8-17(14)4-2/h7-8,11-13H,3-6,9-10,15H2,1-2H3. The molecule has 0 bridgehead atoms. The van der Waals surface area contributed by atoms with Crippen LogP contribution >= 0.6 is 0 Å². The van der Waals surface area contributed by atoms with Crippen molar-refractivity contribution in [1.82, 2.24) is 9.55 Å². The van der Waals surface area contributed by atoms with Crippen LogP contribution in [0, 0.1) is 11.8 Å². The maximum Gasteiger partial charge on any atom is 0.110 e. The van der Waals surface area contributed by atoms with Crippen LogP contribution in [0.5, 0.6) is 0 Å². The SMILES string of the molecule is CCC1CCC(C(N)Cc2nccn2CC)C1. The molecule has 1 heterocycles. The minimum Gasteiger partial charge on any atom is -0.335 e. The van der Waals surface area contributed by atoms with E-state index in [1.165, 1.54) is 25.7 Å². The zero-order valence-electron chi connectivity index (χ0n) is 11.1. The van der Waals surface area contributed by atoms with Crippen molar-refractivity contribution in [2.75, 3.05) is 0 Å². The van der Waals surface area contributed by atoms with Gasteiger partial charge in [0.2, 0.25) is 0 Å². The van der Waals surface area contributed by atoms with Crippen LogP contribution in [0.3, 0.4) is 0 Å². The summed E-state index contributed by atoms with van der Waals surface area (Å²) in [4.78, 5) is 4.42. The second-order valence-electron chi connectivity index (χ2n) is 5.34. The second kappa shape index (κ2) is 5.67. The molecular weight excluding hydrogens is 210 g/mol. The predicted octanol–water partition coefficient (Wildman–Crippen LogP) is 2.60. The first-order valence-corrected chi connectivity index (χ1v) is 7.00. The van der Waals surface area contributed by atoms with Gasteiger partial charge in [-0.2, -0.15) is 0 Å². The van der Waals surface area contributed by atoms with Gasteiger partial charge in [0.15, 0.2) is 0 Å². The third kappa shape index (κ3) is 2.89. The van der Waals surface area contributed by atoms with Gasteiger partial charge in [0.05, 0.1) is 0 Å². The molecule has 0 aromatic carbocycles. The maximum atomic E-state index is 6.36. The molecule has 0 amide bonds. The monoisotopic (exact) mass is 235 g/mol. The summed E-state index contributed by atoms with van der Waals surface area (Å²) in [5.41, 5.74) is 6.36. The van der Waals surface area contributed by atoms with E-state index in [2.05, 4.69) is 23.4 Å². The molecule has 0 spiro atoms. The summed E-state index contributed by atoms with van der Waals surface area (Å²) in [7, 11) is 0. The molecule has 3 unspecified atom stereocenters. The van der Waals surface area contributed by atoms with Crippen LogP contribution in [-0.2, 0) is 13.0 Å². The molecule has 1 saturated carbocycles. The molecule has 0 aliphatic heterocycles. The van der Waals surface area contributed by atoms with E-state index in [1.54, 1.807) is 0 Å². The molecule has 2 rings (SSSR count). The van der Waals surface area contributed by atoms with Gasteiger partial charge >= 0.3 is 0 Å². The Morgan fingerprint density at radius 1 is 1.47 bits per heavy atom. The molecule has 1 aliphatic rings. The van der Waals surface area contributed by atoms with E-state index in [9.17, 15) is 0 Å². The molecule has 1 fully saturated rings. The highest BCUT2D eigenvalue weighted by molar-refractivity contribution is 4.97. The lowest BCUT2D eigenvalue weighted by atomic mass is 9.94. The lowest BCUT2D eigenvalue weighted by Gasteiger charge is -2.19. The Morgan fingerprint density at radius 2 is 2.29 bits per heavy atom. The van der Waals surface area contributed by atoms with Gasteiger partial charge in [0.1, 0.15) is 5.82 Å². The van der Waals surface area contributed by atoms with Crippen LogP contribution in [0.2, 0.25) is 0 Å². The van der Waals surface area contributed by atoms with Crippen molar-refractivity contribution in [3.63, 3.8) is 0 Å². The van der Waals surface area contributed by atoms with Crippen LogP contribution in [0.25, 0.3) is 0 Å². The predicted molar refractivity (Wildman–Crippen MR) is 70.7 cm³/mol.